The summed E-state index contributed by atoms with van der Waals surface area (Å²) in [6.45, 7) is 4.10. The van der Waals surface area contributed by atoms with Gasteiger partial charge in [0.1, 0.15) is 0 Å². The lowest BCUT2D eigenvalue weighted by atomic mass is 10.5. The zero-order valence-electron chi connectivity index (χ0n) is 4.94. The molecular formula is C5H10NO2. The van der Waals surface area contributed by atoms with Crippen LogP contribution in [0.5, 0.6) is 0 Å². The molecule has 3 heteroatoms. The average molecular weight is 116 g/mol. The van der Waals surface area contributed by atoms with Gasteiger partial charge in [-0.25, -0.2) is 4.79 Å². The van der Waals surface area contributed by atoms with Gasteiger partial charge in [-0.2, -0.15) is 0 Å². The molecule has 1 amide bonds. The van der Waals surface area contributed by atoms with Crippen molar-refractivity contribution in [2.75, 3.05) is 13.7 Å². The Balaban J connectivity index is 2.99. The van der Waals surface area contributed by atoms with Gasteiger partial charge in [-0.15, -0.1) is 0 Å². The summed E-state index contributed by atoms with van der Waals surface area (Å²) in [5.41, 5.74) is 0. The van der Waals surface area contributed by atoms with Crippen molar-refractivity contribution in [2.24, 2.45) is 0 Å². The first-order valence-electron chi connectivity index (χ1n) is 2.42. The minimum atomic E-state index is -0.395. The van der Waals surface area contributed by atoms with E-state index in [1.165, 1.54) is 7.11 Å². The van der Waals surface area contributed by atoms with E-state index in [0.717, 1.165) is 0 Å². The van der Waals surface area contributed by atoms with Crippen molar-refractivity contribution < 1.29 is 9.53 Å². The van der Waals surface area contributed by atoms with Gasteiger partial charge in [-0.1, -0.05) is 6.92 Å². The molecule has 0 aliphatic rings. The van der Waals surface area contributed by atoms with Gasteiger partial charge in [0.25, 0.3) is 0 Å². The smallest absolute Gasteiger partial charge is 0.406 e. The molecule has 0 bridgehead atoms. The first-order valence-corrected chi connectivity index (χ1v) is 2.42. The van der Waals surface area contributed by atoms with Crippen molar-refractivity contribution in [1.29, 1.82) is 0 Å². The number of hydrogen-bond acceptors (Lipinski definition) is 2. The second kappa shape index (κ2) is 4.43. The fourth-order valence-electron chi connectivity index (χ4n) is 0.263. The van der Waals surface area contributed by atoms with E-state index in [2.05, 4.69) is 17.0 Å². The summed E-state index contributed by atoms with van der Waals surface area (Å²) in [4.78, 5) is 10.2. The Morgan fingerprint density at radius 3 is 2.88 bits per heavy atom. The van der Waals surface area contributed by atoms with Gasteiger partial charge >= 0.3 is 6.09 Å². The van der Waals surface area contributed by atoms with Crippen LogP contribution >= 0.6 is 0 Å². The van der Waals surface area contributed by atoms with Gasteiger partial charge in [0, 0.05) is 6.54 Å². The molecule has 1 radical (unpaired) electrons. The van der Waals surface area contributed by atoms with Crippen LogP contribution in [0.15, 0.2) is 0 Å². The van der Waals surface area contributed by atoms with Crippen molar-refractivity contribution >= 4 is 6.09 Å². The van der Waals surface area contributed by atoms with Crippen molar-refractivity contribution in [3.05, 3.63) is 6.92 Å². The van der Waals surface area contributed by atoms with Gasteiger partial charge < -0.3 is 10.1 Å². The van der Waals surface area contributed by atoms with Crippen molar-refractivity contribution in [2.45, 2.75) is 6.42 Å². The van der Waals surface area contributed by atoms with Gasteiger partial charge in [0.2, 0.25) is 0 Å². The van der Waals surface area contributed by atoms with Crippen LogP contribution in [-0.4, -0.2) is 19.7 Å². The third kappa shape index (κ3) is 3.46. The summed E-state index contributed by atoms with van der Waals surface area (Å²) < 4.78 is 4.27. The Bertz CT molecular complexity index is 72.8. The lowest BCUT2D eigenvalue weighted by Crippen LogP contribution is -2.23. The van der Waals surface area contributed by atoms with Gasteiger partial charge in [-0.05, 0) is 6.42 Å². The molecule has 0 aromatic heterocycles. The molecule has 0 saturated heterocycles. The van der Waals surface area contributed by atoms with Crippen LogP contribution in [-0.2, 0) is 4.74 Å². The van der Waals surface area contributed by atoms with Crippen LogP contribution in [0.4, 0.5) is 4.79 Å². The second-order valence-corrected chi connectivity index (χ2v) is 1.27. The van der Waals surface area contributed by atoms with Gasteiger partial charge in [0.15, 0.2) is 0 Å². The third-order valence-corrected chi connectivity index (χ3v) is 0.632. The van der Waals surface area contributed by atoms with E-state index in [-0.39, 0.29) is 0 Å². The number of ether oxygens (including phenoxy) is 1. The predicted molar refractivity (Wildman–Crippen MR) is 30.4 cm³/mol. The zero-order valence-corrected chi connectivity index (χ0v) is 4.94. The topological polar surface area (TPSA) is 38.3 Å². The predicted octanol–water partition coefficient (Wildman–Crippen LogP) is 0.567. The third-order valence-electron chi connectivity index (χ3n) is 0.632. The average Bonchev–Trinajstić information content (AvgIpc) is 1.83. The summed E-state index contributed by atoms with van der Waals surface area (Å²) in [6, 6.07) is 0. The molecule has 47 valence electrons. The first kappa shape index (κ1) is 7.27. The minimum absolute atomic E-state index is 0.395. The Morgan fingerprint density at radius 2 is 2.50 bits per heavy atom. The lowest BCUT2D eigenvalue weighted by molar-refractivity contribution is 0.171. The van der Waals surface area contributed by atoms with Crippen LogP contribution in [0.1, 0.15) is 6.42 Å². The molecule has 0 aliphatic carbocycles. The van der Waals surface area contributed by atoms with Gasteiger partial charge in [-0.3, -0.25) is 0 Å². The molecule has 0 rings (SSSR count). The first-order chi connectivity index (χ1) is 3.81. The van der Waals surface area contributed by atoms with Crippen molar-refractivity contribution in [3.8, 4) is 0 Å². The standard InChI is InChI=1S/C5H10NO2/c1-3-4-6-5(7)8-2/h1,3-4H2,2H3,(H,6,7). The highest BCUT2D eigenvalue weighted by Gasteiger charge is 1.91. The Hall–Kier alpha value is -0.730. The number of alkyl carbamates (subject to hydrolysis) is 1. The van der Waals surface area contributed by atoms with Crippen molar-refractivity contribution in [3.63, 3.8) is 0 Å². The maximum absolute atomic E-state index is 10.2. The number of carbonyl (C=O) groups is 1. The number of rotatable bonds is 2. The number of carbonyl (C=O) groups excluding carboxylic acids is 1. The quantitative estimate of drug-likeness (QED) is 0.572. The molecule has 0 aromatic carbocycles. The van der Waals surface area contributed by atoms with E-state index in [1.54, 1.807) is 0 Å². The number of hydrogen-bond donors (Lipinski definition) is 1. The van der Waals surface area contributed by atoms with E-state index in [1.807, 2.05) is 0 Å². The van der Waals surface area contributed by atoms with Crippen LogP contribution in [0.2, 0.25) is 0 Å². The molecule has 0 aromatic rings. The molecule has 0 unspecified atom stereocenters. The van der Waals surface area contributed by atoms with E-state index in [9.17, 15) is 4.79 Å². The largest absolute Gasteiger partial charge is 0.453 e. The van der Waals surface area contributed by atoms with Crippen LogP contribution in [0.3, 0.4) is 0 Å². The summed E-state index contributed by atoms with van der Waals surface area (Å²) >= 11 is 0. The molecule has 0 saturated carbocycles. The van der Waals surface area contributed by atoms with E-state index < -0.39 is 6.09 Å². The minimum Gasteiger partial charge on any atom is -0.453 e. The number of methoxy groups -OCH3 is 1. The summed E-state index contributed by atoms with van der Waals surface area (Å²) in [6.07, 6.45) is 0.295. The summed E-state index contributed by atoms with van der Waals surface area (Å²) in [5, 5.41) is 2.46. The Kier molecular flexibility index (Phi) is 4.03. The normalized spacial score (nSPS) is 8.25. The van der Waals surface area contributed by atoms with E-state index in [4.69, 9.17) is 0 Å². The molecule has 3 nitrogen and oxygen atoms in total. The number of amides is 1. The molecule has 0 heterocycles. The SMILES string of the molecule is [CH2]CCNC(=O)OC. The highest BCUT2D eigenvalue weighted by molar-refractivity contribution is 5.66. The molecule has 0 aliphatic heterocycles. The maximum Gasteiger partial charge on any atom is 0.406 e. The van der Waals surface area contributed by atoms with Gasteiger partial charge in [0.05, 0.1) is 7.11 Å². The molecule has 8 heavy (non-hydrogen) atoms. The highest BCUT2D eigenvalue weighted by atomic mass is 16.5. The lowest BCUT2D eigenvalue weighted by Gasteiger charge is -1.98. The fraction of sp³-hybridized carbons (Fsp3) is 0.600. The molecule has 0 atom stereocenters. The maximum atomic E-state index is 10.2. The summed E-state index contributed by atoms with van der Waals surface area (Å²) in [5.74, 6) is 0. The van der Waals surface area contributed by atoms with E-state index >= 15 is 0 Å². The number of nitrogens with one attached hydrogen (secondary N) is 1. The Morgan fingerprint density at radius 1 is 1.88 bits per heavy atom. The molecule has 1 N–H and O–H groups in total. The Labute approximate surface area is 49.0 Å². The monoisotopic (exact) mass is 116 g/mol. The van der Waals surface area contributed by atoms with Crippen LogP contribution in [0, 0.1) is 6.92 Å². The summed E-state index contributed by atoms with van der Waals surface area (Å²) in [7, 11) is 1.33. The van der Waals surface area contributed by atoms with E-state index in [0.29, 0.717) is 13.0 Å². The fourth-order valence-corrected chi connectivity index (χ4v) is 0.263. The highest BCUT2D eigenvalue weighted by Crippen LogP contribution is 1.72. The second-order valence-electron chi connectivity index (χ2n) is 1.27. The molecule has 0 spiro atoms. The molecular weight excluding hydrogens is 106 g/mol. The van der Waals surface area contributed by atoms with Crippen LogP contribution < -0.4 is 5.32 Å². The molecule has 0 fully saturated rings. The van der Waals surface area contributed by atoms with Crippen molar-refractivity contribution in [1.82, 2.24) is 5.32 Å². The van der Waals surface area contributed by atoms with Crippen LogP contribution in [0.25, 0.3) is 0 Å². The zero-order chi connectivity index (χ0) is 6.41.